The van der Waals surface area contributed by atoms with Crippen LogP contribution in [0.3, 0.4) is 0 Å². The first-order valence-corrected chi connectivity index (χ1v) is 8.88. The summed E-state index contributed by atoms with van der Waals surface area (Å²) < 4.78 is 12.1. The zero-order valence-electron chi connectivity index (χ0n) is 13.7. The van der Waals surface area contributed by atoms with E-state index in [4.69, 9.17) is 9.47 Å². The van der Waals surface area contributed by atoms with Gasteiger partial charge >= 0.3 is 0 Å². The van der Waals surface area contributed by atoms with Crippen LogP contribution in [-0.2, 0) is 11.3 Å². The van der Waals surface area contributed by atoms with Gasteiger partial charge in [-0.25, -0.2) is 4.68 Å². The van der Waals surface area contributed by atoms with E-state index in [1.807, 2.05) is 17.5 Å². The average molecular weight is 369 g/mol. The summed E-state index contributed by atoms with van der Waals surface area (Å²) in [4.78, 5) is 25.3. The molecule has 0 saturated carbocycles. The molecule has 8 heteroatoms. The Labute approximate surface area is 152 Å². The van der Waals surface area contributed by atoms with Gasteiger partial charge in [0.2, 0.25) is 5.91 Å². The van der Waals surface area contributed by atoms with Gasteiger partial charge in [-0.05, 0) is 29.6 Å². The van der Waals surface area contributed by atoms with Crippen molar-refractivity contribution in [2.75, 3.05) is 18.5 Å². The molecule has 0 bridgehead atoms. The zero-order valence-corrected chi connectivity index (χ0v) is 14.5. The number of anilines is 1. The number of thiophene rings is 1. The van der Waals surface area contributed by atoms with Crippen molar-refractivity contribution >= 4 is 22.9 Å². The third-order valence-electron chi connectivity index (χ3n) is 3.76. The fourth-order valence-electron chi connectivity index (χ4n) is 2.58. The van der Waals surface area contributed by atoms with Gasteiger partial charge in [0, 0.05) is 17.8 Å². The molecule has 26 heavy (non-hydrogen) atoms. The van der Waals surface area contributed by atoms with Gasteiger partial charge in [-0.2, -0.15) is 5.10 Å². The molecule has 0 aliphatic carbocycles. The van der Waals surface area contributed by atoms with Crippen LogP contribution >= 0.6 is 11.3 Å². The maximum Gasteiger partial charge on any atom is 0.267 e. The molecule has 3 heterocycles. The van der Waals surface area contributed by atoms with Gasteiger partial charge in [-0.3, -0.25) is 9.59 Å². The van der Waals surface area contributed by atoms with Crippen LogP contribution < -0.4 is 20.3 Å². The Hall–Kier alpha value is -3.13. The number of hydrogen-bond donors (Lipinski definition) is 1. The summed E-state index contributed by atoms with van der Waals surface area (Å²) in [6, 6.07) is 12.1. The van der Waals surface area contributed by atoms with Gasteiger partial charge in [0.05, 0.1) is 4.88 Å². The minimum Gasteiger partial charge on any atom is -0.486 e. The van der Waals surface area contributed by atoms with Crippen LogP contribution in [0.5, 0.6) is 11.5 Å². The number of nitrogens with one attached hydrogen (secondary N) is 1. The summed E-state index contributed by atoms with van der Waals surface area (Å²) in [5.74, 6) is 0.888. The van der Waals surface area contributed by atoms with E-state index in [1.54, 1.807) is 24.3 Å². The minimum absolute atomic E-state index is 0.174. The van der Waals surface area contributed by atoms with Crippen molar-refractivity contribution in [2.45, 2.75) is 6.54 Å². The number of ether oxygens (including phenoxy) is 2. The predicted octanol–water partition coefficient (Wildman–Crippen LogP) is 2.38. The Morgan fingerprint density at radius 1 is 1.15 bits per heavy atom. The lowest BCUT2D eigenvalue weighted by molar-refractivity contribution is -0.117. The van der Waals surface area contributed by atoms with Crippen LogP contribution in [0, 0.1) is 0 Å². The smallest absolute Gasteiger partial charge is 0.267 e. The molecule has 1 aliphatic heterocycles. The molecular formula is C18H15N3O4S. The van der Waals surface area contributed by atoms with Crippen LogP contribution in [0.4, 0.5) is 5.69 Å². The average Bonchev–Trinajstić information content (AvgIpc) is 3.18. The van der Waals surface area contributed by atoms with Crippen molar-refractivity contribution in [3.63, 3.8) is 0 Å². The Kier molecular flexibility index (Phi) is 4.40. The fourth-order valence-corrected chi connectivity index (χ4v) is 3.27. The van der Waals surface area contributed by atoms with Crippen molar-refractivity contribution in [1.29, 1.82) is 0 Å². The zero-order chi connectivity index (χ0) is 17.9. The molecule has 0 atom stereocenters. The molecule has 0 radical (unpaired) electrons. The molecule has 3 aromatic rings. The summed E-state index contributed by atoms with van der Waals surface area (Å²) in [5, 5.41) is 8.96. The van der Waals surface area contributed by atoms with Gasteiger partial charge < -0.3 is 14.8 Å². The summed E-state index contributed by atoms with van der Waals surface area (Å²) in [5.41, 5.74) is 0.899. The highest BCUT2D eigenvalue weighted by atomic mass is 32.1. The number of amides is 1. The van der Waals surface area contributed by atoms with Crippen molar-refractivity contribution in [3.05, 3.63) is 58.2 Å². The number of benzene rings is 1. The number of aromatic nitrogens is 2. The van der Waals surface area contributed by atoms with Crippen LogP contribution in [0.2, 0.25) is 0 Å². The number of fused-ring (bicyclic) bond motifs is 1. The topological polar surface area (TPSA) is 82.5 Å². The molecular weight excluding hydrogens is 354 g/mol. The number of hydrogen-bond acceptors (Lipinski definition) is 6. The van der Waals surface area contributed by atoms with E-state index in [9.17, 15) is 9.59 Å². The van der Waals surface area contributed by atoms with E-state index < -0.39 is 0 Å². The first-order chi connectivity index (χ1) is 12.7. The lowest BCUT2D eigenvalue weighted by Crippen LogP contribution is -2.29. The molecule has 0 spiro atoms. The number of carbonyl (C=O) groups excluding carboxylic acids is 1. The first kappa shape index (κ1) is 16.3. The summed E-state index contributed by atoms with van der Waals surface area (Å²) >= 11 is 1.52. The molecule has 1 amide bonds. The number of carbonyl (C=O) groups is 1. The molecule has 132 valence electrons. The molecule has 7 nitrogen and oxygen atoms in total. The van der Waals surface area contributed by atoms with E-state index in [0.29, 0.717) is 36.1 Å². The predicted molar refractivity (Wildman–Crippen MR) is 97.9 cm³/mol. The maximum absolute atomic E-state index is 12.3. The van der Waals surface area contributed by atoms with Crippen LogP contribution in [0.25, 0.3) is 10.6 Å². The van der Waals surface area contributed by atoms with E-state index in [0.717, 1.165) is 9.56 Å². The van der Waals surface area contributed by atoms with Gasteiger partial charge in [-0.1, -0.05) is 6.07 Å². The molecule has 2 aromatic heterocycles. The largest absolute Gasteiger partial charge is 0.486 e. The van der Waals surface area contributed by atoms with Crippen LogP contribution in [0.15, 0.2) is 52.6 Å². The molecule has 1 aliphatic rings. The first-order valence-electron chi connectivity index (χ1n) is 8.00. The standard InChI is InChI=1S/C18H15N3O4S/c22-17(19-12-3-5-14-15(10-12)25-8-7-24-14)11-21-18(23)6-4-13(20-21)16-2-1-9-26-16/h1-6,9-10H,7-8,11H2,(H,19,22). The van der Waals surface area contributed by atoms with Crippen molar-refractivity contribution in [3.8, 4) is 22.1 Å². The second-order valence-electron chi connectivity index (χ2n) is 5.60. The fraction of sp³-hybridized carbons (Fsp3) is 0.167. The molecule has 4 rings (SSSR count). The van der Waals surface area contributed by atoms with Gasteiger partial charge in [-0.15, -0.1) is 11.3 Å². The second kappa shape index (κ2) is 7.01. The minimum atomic E-state index is -0.348. The maximum atomic E-state index is 12.3. The van der Waals surface area contributed by atoms with Gasteiger partial charge in [0.15, 0.2) is 11.5 Å². The highest BCUT2D eigenvalue weighted by Crippen LogP contribution is 2.32. The number of nitrogens with zero attached hydrogens (tertiary/aromatic N) is 2. The lowest BCUT2D eigenvalue weighted by Gasteiger charge is -2.19. The molecule has 1 aromatic carbocycles. The normalized spacial score (nSPS) is 12.6. The number of rotatable bonds is 4. The quantitative estimate of drug-likeness (QED) is 0.764. The highest BCUT2D eigenvalue weighted by Gasteiger charge is 2.14. The summed E-state index contributed by atoms with van der Waals surface area (Å²) in [7, 11) is 0. The van der Waals surface area contributed by atoms with E-state index in [2.05, 4.69) is 10.4 Å². The molecule has 0 fully saturated rings. The second-order valence-corrected chi connectivity index (χ2v) is 6.55. The van der Waals surface area contributed by atoms with E-state index >= 15 is 0 Å². The Morgan fingerprint density at radius 2 is 2.00 bits per heavy atom. The molecule has 0 unspecified atom stereocenters. The lowest BCUT2D eigenvalue weighted by atomic mass is 10.2. The van der Waals surface area contributed by atoms with Gasteiger partial charge in [0.25, 0.3) is 5.56 Å². The third-order valence-corrected chi connectivity index (χ3v) is 4.65. The Balaban J connectivity index is 1.50. The van der Waals surface area contributed by atoms with Crippen molar-refractivity contribution in [1.82, 2.24) is 9.78 Å². The molecule has 1 N–H and O–H groups in total. The summed E-state index contributed by atoms with van der Waals surface area (Å²) in [6.45, 7) is 0.805. The van der Waals surface area contributed by atoms with Gasteiger partial charge in [0.1, 0.15) is 25.5 Å². The SMILES string of the molecule is O=C(Cn1nc(-c2cccs2)ccc1=O)Nc1ccc2c(c1)OCCO2. The van der Waals surface area contributed by atoms with Crippen LogP contribution in [-0.4, -0.2) is 28.9 Å². The van der Waals surface area contributed by atoms with Crippen LogP contribution in [0.1, 0.15) is 0 Å². The Bertz CT molecular complexity index is 998. The van der Waals surface area contributed by atoms with E-state index in [-0.39, 0.29) is 18.0 Å². The third kappa shape index (κ3) is 3.45. The Morgan fingerprint density at radius 3 is 2.81 bits per heavy atom. The van der Waals surface area contributed by atoms with Crippen molar-refractivity contribution < 1.29 is 14.3 Å². The monoisotopic (exact) mass is 369 g/mol. The summed E-state index contributed by atoms with van der Waals surface area (Å²) in [6.07, 6.45) is 0. The molecule has 0 saturated heterocycles. The highest BCUT2D eigenvalue weighted by molar-refractivity contribution is 7.13. The van der Waals surface area contributed by atoms with E-state index in [1.165, 1.54) is 17.4 Å². The van der Waals surface area contributed by atoms with Crippen molar-refractivity contribution in [2.24, 2.45) is 0 Å².